The molecule has 1 saturated carbocycles. The van der Waals surface area contributed by atoms with E-state index in [0.29, 0.717) is 12.2 Å². The summed E-state index contributed by atoms with van der Waals surface area (Å²) in [6, 6.07) is 14.9. The molecule has 1 aliphatic heterocycles. The van der Waals surface area contributed by atoms with Crippen molar-refractivity contribution in [2.75, 3.05) is 36.4 Å². The Hall–Kier alpha value is -2.91. The summed E-state index contributed by atoms with van der Waals surface area (Å²) >= 11 is 0. The highest BCUT2D eigenvalue weighted by Crippen LogP contribution is 2.31. The monoisotopic (exact) mass is 526 g/mol. The number of sulfonamides is 1. The molecule has 2 N–H and O–H groups in total. The van der Waals surface area contributed by atoms with E-state index in [9.17, 15) is 18.0 Å². The Morgan fingerprint density at radius 2 is 1.70 bits per heavy atom. The van der Waals surface area contributed by atoms with Crippen LogP contribution in [0.25, 0.3) is 0 Å². The average molecular weight is 527 g/mol. The van der Waals surface area contributed by atoms with Gasteiger partial charge in [-0.25, -0.2) is 13.1 Å². The Labute approximate surface area is 220 Å². The van der Waals surface area contributed by atoms with Crippen molar-refractivity contribution in [3.05, 3.63) is 54.1 Å². The first-order chi connectivity index (χ1) is 17.6. The van der Waals surface area contributed by atoms with Crippen LogP contribution in [0.15, 0.2) is 53.4 Å². The lowest BCUT2D eigenvalue weighted by Gasteiger charge is -2.43. The number of benzene rings is 2. The lowest BCUT2D eigenvalue weighted by molar-refractivity contribution is -0.137. The van der Waals surface area contributed by atoms with Gasteiger partial charge in [0.15, 0.2) is 0 Å². The molecule has 2 fully saturated rings. The molecule has 0 spiro atoms. The van der Waals surface area contributed by atoms with Gasteiger partial charge in [0.2, 0.25) is 21.8 Å². The molecule has 2 aromatic carbocycles. The minimum Gasteiger partial charge on any atom is -0.365 e. The highest BCUT2D eigenvalue weighted by molar-refractivity contribution is 7.89. The third kappa shape index (κ3) is 6.90. The van der Waals surface area contributed by atoms with Gasteiger partial charge in [0.25, 0.3) is 0 Å². The maximum absolute atomic E-state index is 13.3. The molecule has 1 atom stereocenters. The van der Waals surface area contributed by atoms with E-state index in [1.54, 1.807) is 12.1 Å². The van der Waals surface area contributed by atoms with Crippen LogP contribution in [0.5, 0.6) is 0 Å². The van der Waals surface area contributed by atoms with Crippen LogP contribution in [0.2, 0.25) is 0 Å². The highest BCUT2D eigenvalue weighted by Gasteiger charge is 2.33. The normalized spacial score (nSPS) is 22.5. The number of nitrogens with zero attached hydrogens (tertiary/aromatic N) is 2. The molecule has 2 aliphatic rings. The molecular formula is C28H38N4O4S. The van der Waals surface area contributed by atoms with Crippen molar-refractivity contribution in [3.8, 4) is 0 Å². The minimum absolute atomic E-state index is 0.0203. The van der Waals surface area contributed by atoms with Gasteiger partial charge in [0.05, 0.1) is 4.90 Å². The summed E-state index contributed by atoms with van der Waals surface area (Å²) in [5.41, 5.74) is 3.01. The van der Waals surface area contributed by atoms with Crippen molar-refractivity contribution in [2.45, 2.75) is 57.4 Å². The summed E-state index contributed by atoms with van der Waals surface area (Å²) in [4.78, 5) is 29.0. The molecule has 200 valence electrons. The van der Waals surface area contributed by atoms with Crippen LogP contribution in [-0.4, -0.2) is 57.4 Å². The maximum atomic E-state index is 13.3. The van der Waals surface area contributed by atoms with Crippen LogP contribution in [0.3, 0.4) is 0 Å². The maximum Gasteiger partial charge on any atom is 0.240 e. The number of carbonyl (C=O) groups is 2. The smallest absolute Gasteiger partial charge is 0.240 e. The molecule has 4 rings (SSSR count). The summed E-state index contributed by atoms with van der Waals surface area (Å²) in [5.74, 6) is 0.275. The van der Waals surface area contributed by atoms with Crippen molar-refractivity contribution in [3.63, 3.8) is 0 Å². The van der Waals surface area contributed by atoms with Gasteiger partial charge in [0.1, 0.15) is 0 Å². The molecule has 37 heavy (non-hydrogen) atoms. The second-order valence-electron chi connectivity index (χ2n) is 10.4. The topological polar surface area (TPSA) is 98.8 Å². The van der Waals surface area contributed by atoms with Gasteiger partial charge in [-0.2, -0.15) is 0 Å². The first kappa shape index (κ1) is 27.1. The number of hydrogen-bond acceptors (Lipinski definition) is 5. The molecule has 2 aromatic rings. The van der Waals surface area contributed by atoms with Crippen molar-refractivity contribution in [2.24, 2.45) is 11.8 Å². The number of piperazine rings is 1. The summed E-state index contributed by atoms with van der Waals surface area (Å²) in [5, 5.41) is 2.63. The first-order valence-corrected chi connectivity index (χ1v) is 14.6. The predicted octanol–water partition coefficient (Wildman–Crippen LogP) is 3.78. The molecule has 0 radical (unpaired) electrons. The quantitative estimate of drug-likeness (QED) is 0.572. The fourth-order valence-corrected chi connectivity index (χ4v) is 6.57. The third-order valence-corrected chi connectivity index (χ3v) is 8.95. The van der Waals surface area contributed by atoms with Gasteiger partial charge >= 0.3 is 0 Å². The largest absolute Gasteiger partial charge is 0.365 e. The van der Waals surface area contributed by atoms with Crippen molar-refractivity contribution in [1.82, 2.24) is 9.62 Å². The summed E-state index contributed by atoms with van der Waals surface area (Å²) in [6.07, 6.45) is 3.25. The zero-order valence-corrected chi connectivity index (χ0v) is 22.8. The van der Waals surface area contributed by atoms with Crippen molar-refractivity contribution < 1.29 is 18.0 Å². The third-order valence-electron chi connectivity index (χ3n) is 7.52. The van der Waals surface area contributed by atoms with E-state index in [1.165, 1.54) is 30.3 Å². The molecule has 2 amide bonds. The number of rotatable bonds is 7. The number of amides is 2. The number of aryl methyl sites for hydroxylation is 1. The molecule has 1 heterocycles. The van der Waals surface area contributed by atoms with Gasteiger partial charge in [-0.05, 0) is 87.4 Å². The van der Waals surface area contributed by atoms with Gasteiger partial charge in [-0.3, -0.25) is 9.59 Å². The molecule has 8 nitrogen and oxygen atoms in total. The Kier molecular flexibility index (Phi) is 8.54. The summed E-state index contributed by atoms with van der Waals surface area (Å²) in [7, 11) is -3.63. The van der Waals surface area contributed by atoms with E-state index in [4.69, 9.17) is 0 Å². The molecule has 1 saturated heterocycles. The summed E-state index contributed by atoms with van der Waals surface area (Å²) < 4.78 is 28.1. The molecule has 0 aromatic heterocycles. The average Bonchev–Trinajstić information content (AvgIpc) is 2.87. The van der Waals surface area contributed by atoms with E-state index >= 15 is 0 Å². The van der Waals surface area contributed by atoms with Crippen LogP contribution in [0.4, 0.5) is 11.4 Å². The Morgan fingerprint density at radius 3 is 2.32 bits per heavy atom. The van der Waals surface area contributed by atoms with Gasteiger partial charge in [0, 0.05) is 56.4 Å². The van der Waals surface area contributed by atoms with Crippen LogP contribution in [0.1, 0.15) is 45.1 Å². The number of hydrogen-bond donors (Lipinski definition) is 2. The fraction of sp³-hybridized carbons (Fsp3) is 0.500. The Morgan fingerprint density at radius 1 is 1.00 bits per heavy atom. The van der Waals surface area contributed by atoms with Gasteiger partial charge in [-0.1, -0.05) is 12.1 Å². The number of anilines is 2. The first-order valence-electron chi connectivity index (χ1n) is 13.1. The number of nitrogens with one attached hydrogen (secondary N) is 2. The molecule has 0 bridgehead atoms. The van der Waals surface area contributed by atoms with Gasteiger partial charge < -0.3 is 15.1 Å². The SMILES string of the molecule is CC(=O)Nc1ccc(S(=O)(=O)NCC2CCC(C(=O)N3CCN(c4cccc(C)c4)[C@@H](C)C3)CC2)cc1. The molecular weight excluding hydrogens is 488 g/mol. The van der Waals surface area contributed by atoms with Crippen LogP contribution < -0.4 is 14.9 Å². The zero-order chi connectivity index (χ0) is 26.6. The summed E-state index contributed by atoms with van der Waals surface area (Å²) in [6.45, 7) is 8.34. The standard InChI is InChI=1S/C28H38N4O4S/c1-20-5-4-6-26(17-20)32-16-15-31(19-21(32)2)28(34)24-9-7-23(8-10-24)18-29-37(35,36)27-13-11-25(12-14-27)30-22(3)33/h4-6,11-14,17,21,23-24,29H,7-10,15-16,18-19H2,1-3H3,(H,30,33)/t21-,23?,24?/m0/s1. The Bertz CT molecular complexity index is 1210. The van der Waals surface area contributed by atoms with Crippen molar-refractivity contribution >= 4 is 33.2 Å². The van der Waals surface area contributed by atoms with Gasteiger partial charge in [-0.15, -0.1) is 0 Å². The van der Waals surface area contributed by atoms with E-state index in [-0.39, 0.29) is 34.6 Å². The van der Waals surface area contributed by atoms with Crippen LogP contribution in [0, 0.1) is 18.8 Å². The number of carbonyl (C=O) groups excluding carboxylic acids is 2. The van der Waals surface area contributed by atoms with Crippen molar-refractivity contribution in [1.29, 1.82) is 0 Å². The predicted molar refractivity (Wildman–Crippen MR) is 146 cm³/mol. The minimum atomic E-state index is -3.63. The van der Waals surface area contributed by atoms with E-state index in [0.717, 1.165) is 45.3 Å². The molecule has 9 heteroatoms. The fourth-order valence-electron chi connectivity index (χ4n) is 5.45. The lowest BCUT2D eigenvalue weighted by atomic mass is 9.81. The van der Waals surface area contributed by atoms with E-state index in [2.05, 4.69) is 53.1 Å². The van der Waals surface area contributed by atoms with E-state index in [1.807, 2.05) is 4.90 Å². The van der Waals surface area contributed by atoms with Crippen LogP contribution in [-0.2, 0) is 19.6 Å². The second kappa shape index (κ2) is 11.6. The molecule has 0 unspecified atom stereocenters. The lowest BCUT2D eigenvalue weighted by Crippen LogP contribution is -2.55. The second-order valence-corrected chi connectivity index (χ2v) is 12.2. The highest BCUT2D eigenvalue weighted by atomic mass is 32.2. The van der Waals surface area contributed by atoms with E-state index < -0.39 is 10.0 Å². The van der Waals surface area contributed by atoms with Crippen LogP contribution >= 0.6 is 0 Å². The Balaban J connectivity index is 1.23. The molecule has 1 aliphatic carbocycles. The zero-order valence-electron chi connectivity index (χ0n) is 21.9.